The lowest BCUT2D eigenvalue weighted by Crippen LogP contribution is -2.47. The van der Waals surface area contributed by atoms with Crippen LogP contribution in [0.25, 0.3) is 0 Å². The molecule has 1 heterocycles. The summed E-state index contributed by atoms with van der Waals surface area (Å²) in [5.74, 6) is 0. The zero-order valence-corrected chi connectivity index (χ0v) is 10.1. The first-order chi connectivity index (χ1) is 8.03. The molecule has 0 radical (unpaired) electrons. The van der Waals surface area contributed by atoms with Gasteiger partial charge in [0.15, 0.2) is 0 Å². The summed E-state index contributed by atoms with van der Waals surface area (Å²) in [4.78, 5) is 2.36. The average molecular weight is 297 g/mol. The molecule has 0 aromatic heterocycles. The molecular weight excluding hydrogens is 286 g/mol. The van der Waals surface area contributed by atoms with Crippen molar-refractivity contribution >= 4 is 11.6 Å². The first-order valence-electron chi connectivity index (χ1n) is 5.01. The van der Waals surface area contributed by atoms with Crippen LogP contribution in [-0.2, 0) is 0 Å². The number of likely N-dealkylation sites (N-methyl/N-ethyl adjacent to an activating group) is 1. The molecule has 1 aliphatic heterocycles. The summed E-state index contributed by atoms with van der Waals surface area (Å²) in [6, 6.07) is 0. The monoisotopic (exact) mass is 296 g/mol. The second-order valence-corrected chi connectivity index (χ2v) is 4.33. The van der Waals surface area contributed by atoms with Crippen LogP contribution in [0.2, 0.25) is 0 Å². The van der Waals surface area contributed by atoms with Gasteiger partial charge in [0.25, 0.3) is 0 Å². The third-order valence-corrected chi connectivity index (χ3v) is 2.94. The van der Waals surface area contributed by atoms with E-state index in [1.165, 1.54) is 0 Å². The van der Waals surface area contributed by atoms with Crippen LogP contribution in [0.5, 0.6) is 0 Å². The number of hydrogen-bond donors (Lipinski definition) is 0. The molecule has 0 aromatic carbocycles. The van der Waals surface area contributed by atoms with Gasteiger partial charge in [-0.3, -0.25) is 0 Å². The van der Waals surface area contributed by atoms with Crippen LogP contribution < -0.4 is 0 Å². The summed E-state index contributed by atoms with van der Waals surface area (Å²) in [5.41, 5.74) is -1.80. The van der Waals surface area contributed by atoms with E-state index in [1.54, 1.807) is 11.9 Å². The van der Waals surface area contributed by atoms with E-state index in [1.807, 2.05) is 0 Å². The lowest BCUT2D eigenvalue weighted by Gasteiger charge is -2.36. The molecule has 0 bridgehead atoms. The SMILES string of the molecule is CN1CCN(/C(=C(/Cl)C(F)(F)F)C(F)(F)F)CC1. The van der Waals surface area contributed by atoms with Crippen LogP contribution in [-0.4, -0.2) is 55.4 Å². The number of hydrogen-bond acceptors (Lipinski definition) is 2. The van der Waals surface area contributed by atoms with Crippen LogP contribution in [0, 0.1) is 0 Å². The molecule has 0 amide bonds. The molecule has 18 heavy (non-hydrogen) atoms. The Kier molecular flexibility index (Phi) is 4.42. The van der Waals surface area contributed by atoms with Gasteiger partial charge in [-0.25, -0.2) is 0 Å². The predicted molar refractivity (Wildman–Crippen MR) is 54.1 cm³/mol. The van der Waals surface area contributed by atoms with Crippen LogP contribution in [0.1, 0.15) is 0 Å². The fourth-order valence-corrected chi connectivity index (χ4v) is 1.83. The van der Waals surface area contributed by atoms with E-state index in [0.717, 1.165) is 0 Å². The van der Waals surface area contributed by atoms with E-state index in [0.29, 0.717) is 4.90 Å². The third-order valence-electron chi connectivity index (χ3n) is 2.54. The van der Waals surface area contributed by atoms with Gasteiger partial charge in [-0.05, 0) is 7.05 Å². The van der Waals surface area contributed by atoms with Crippen molar-refractivity contribution in [2.24, 2.45) is 0 Å². The van der Waals surface area contributed by atoms with Crippen molar-refractivity contribution in [2.45, 2.75) is 12.4 Å². The minimum atomic E-state index is -5.20. The van der Waals surface area contributed by atoms with Crippen molar-refractivity contribution in [1.82, 2.24) is 9.80 Å². The summed E-state index contributed by atoms with van der Waals surface area (Å²) >= 11 is 4.86. The molecule has 1 rings (SSSR count). The number of piperazine rings is 1. The first-order valence-corrected chi connectivity index (χ1v) is 5.39. The maximum atomic E-state index is 12.7. The Hall–Kier alpha value is -0.630. The summed E-state index contributed by atoms with van der Waals surface area (Å²) in [6.07, 6.45) is -10.3. The molecule has 1 fully saturated rings. The van der Waals surface area contributed by atoms with Crippen LogP contribution in [0.15, 0.2) is 10.7 Å². The van der Waals surface area contributed by atoms with Gasteiger partial charge in [-0.2, -0.15) is 26.3 Å². The van der Waals surface area contributed by atoms with Crippen molar-refractivity contribution in [2.75, 3.05) is 33.2 Å². The lowest BCUT2D eigenvalue weighted by atomic mass is 10.2. The zero-order chi connectivity index (χ0) is 14.1. The van der Waals surface area contributed by atoms with Gasteiger partial charge in [0.2, 0.25) is 0 Å². The molecule has 0 aromatic rings. The standard InChI is InChI=1S/C9H11ClF6N2/c1-17-2-4-18(5-3-17)7(9(14,15)16)6(10)8(11,12)13/h2-5H2,1H3/b7-6+. The number of halogens is 7. The maximum absolute atomic E-state index is 12.7. The molecule has 9 heteroatoms. The van der Waals surface area contributed by atoms with Crippen molar-refractivity contribution in [3.05, 3.63) is 10.7 Å². The van der Waals surface area contributed by atoms with Gasteiger partial charge >= 0.3 is 12.4 Å². The Balaban J connectivity index is 3.08. The van der Waals surface area contributed by atoms with E-state index in [9.17, 15) is 26.3 Å². The normalized spacial score (nSPS) is 21.0. The summed E-state index contributed by atoms with van der Waals surface area (Å²) in [5, 5.41) is -2.11. The molecule has 0 atom stereocenters. The topological polar surface area (TPSA) is 6.48 Å². The number of nitrogens with zero attached hydrogens (tertiary/aromatic N) is 2. The summed E-state index contributed by atoms with van der Waals surface area (Å²) in [6.45, 7) is 0.221. The van der Waals surface area contributed by atoms with Crippen molar-refractivity contribution in [3.8, 4) is 0 Å². The number of alkyl halides is 6. The fraction of sp³-hybridized carbons (Fsp3) is 0.778. The highest BCUT2D eigenvalue weighted by atomic mass is 35.5. The van der Waals surface area contributed by atoms with E-state index in [4.69, 9.17) is 11.6 Å². The maximum Gasteiger partial charge on any atom is 0.432 e. The molecular formula is C9H11ClF6N2. The van der Waals surface area contributed by atoms with E-state index in [2.05, 4.69) is 0 Å². The molecule has 106 valence electrons. The van der Waals surface area contributed by atoms with Gasteiger partial charge in [-0.15, -0.1) is 0 Å². The van der Waals surface area contributed by atoms with Gasteiger partial charge in [0.1, 0.15) is 10.7 Å². The molecule has 0 saturated carbocycles. The average Bonchev–Trinajstić information content (AvgIpc) is 2.17. The van der Waals surface area contributed by atoms with Crippen LogP contribution in [0.4, 0.5) is 26.3 Å². The lowest BCUT2D eigenvalue weighted by molar-refractivity contribution is -0.128. The second kappa shape index (κ2) is 5.16. The largest absolute Gasteiger partial charge is 0.432 e. The Morgan fingerprint density at radius 3 is 1.67 bits per heavy atom. The molecule has 0 unspecified atom stereocenters. The molecule has 0 aliphatic carbocycles. The highest BCUT2D eigenvalue weighted by molar-refractivity contribution is 6.30. The Labute approximate surface area is 105 Å². The van der Waals surface area contributed by atoms with Crippen molar-refractivity contribution < 1.29 is 26.3 Å². The number of rotatable bonds is 1. The Morgan fingerprint density at radius 2 is 1.33 bits per heavy atom. The fourth-order valence-electron chi connectivity index (χ4n) is 1.61. The van der Waals surface area contributed by atoms with E-state index >= 15 is 0 Å². The van der Waals surface area contributed by atoms with Gasteiger partial charge < -0.3 is 9.80 Å². The molecule has 1 aliphatic rings. The Morgan fingerprint density at radius 1 is 0.889 bits per heavy atom. The van der Waals surface area contributed by atoms with Gasteiger partial charge in [-0.1, -0.05) is 11.6 Å². The summed E-state index contributed by atoms with van der Waals surface area (Å²) in [7, 11) is 1.68. The second-order valence-electron chi connectivity index (χ2n) is 3.95. The van der Waals surface area contributed by atoms with Crippen LogP contribution >= 0.6 is 11.6 Å². The first kappa shape index (κ1) is 15.4. The van der Waals surface area contributed by atoms with E-state index in [-0.39, 0.29) is 26.2 Å². The van der Waals surface area contributed by atoms with Crippen molar-refractivity contribution in [1.29, 1.82) is 0 Å². The third kappa shape index (κ3) is 3.68. The van der Waals surface area contributed by atoms with Crippen LogP contribution in [0.3, 0.4) is 0 Å². The zero-order valence-electron chi connectivity index (χ0n) is 9.37. The quantitative estimate of drug-likeness (QED) is 0.687. The highest BCUT2D eigenvalue weighted by Crippen LogP contribution is 2.40. The minimum absolute atomic E-state index is 0.141. The predicted octanol–water partition coefficient (Wildman–Crippen LogP) is 2.81. The minimum Gasteiger partial charge on any atom is -0.364 e. The number of allylic oxidation sites excluding steroid dienone is 2. The smallest absolute Gasteiger partial charge is 0.364 e. The molecule has 2 nitrogen and oxygen atoms in total. The van der Waals surface area contributed by atoms with Gasteiger partial charge in [0.05, 0.1) is 0 Å². The van der Waals surface area contributed by atoms with E-state index < -0.39 is 23.1 Å². The van der Waals surface area contributed by atoms with Crippen molar-refractivity contribution in [3.63, 3.8) is 0 Å². The molecule has 1 saturated heterocycles. The summed E-state index contributed by atoms with van der Waals surface area (Å²) < 4.78 is 75.1. The Bertz CT molecular complexity index is 327. The molecule has 0 spiro atoms. The highest BCUT2D eigenvalue weighted by Gasteiger charge is 2.47. The van der Waals surface area contributed by atoms with Gasteiger partial charge in [0, 0.05) is 26.2 Å². The molecule has 0 N–H and O–H groups in total.